The fourth-order valence-corrected chi connectivity index (χ4v) is 0.736. The van der Waals surface area contributed by atoms with Crippen molar-refractivity contribution in [1.29, 1.82) is 0 Å². The molecule has 0 rings (SSSR count). The van der Waals surface area contributed by atoms with Gasteiger partial charge in [0, 0.05) is 12.2 Å². The molecule has 0 saturated heterocycles. The van der Waals surface area contributed by atoms with Gasteiger partial charge in [0.2, 0.25) is 0 Å². The van der Waals surface area contributed by atoms with E-state index in [9.17, 15) is 9.59 Å². The zero-order chi connectivity index (χ0) is 9.07. The van der Waals surface area contributed by atoms with Gasteiger partial charge in [-0.3, -0.25) is 9.59 Å². The van der Waals surface area contributed by atoms with Gasteiger partial charge in [-0.2, -0.15) is 12.6 Å². The van der Waals surface area contributed by atoms with Crippen molar-refractivity contribution in [1.82, 2.24) is 0 Å². The molecule has 0 aromatic carbocycles. The minimum Gasteiger partial charge on any atom is -0.481 e. The number of Topliss-reactive ketones (excluding diaryl/α,β-unsaturated/α-hetero) is 1. The number of thiol groups is 1. The van der Waals surface area contributed by atoms with E-state index >= 15 is 0 Å². The highest BCUT2D eigenvalue weighted by atomic mass is 32.1. The number of rotatable bonds is 4. The van der Waals surface area contributed by atoms with Gasteiger partial charge in [0.15, 0.2) is 0 Å². The number of hydrogen-bond acceptors (Lipinski definition) is 3. The van der Waals surface area contributed by atoms with Crippen molar-refractivity contribution >= 4 is 24.4 Å². The molecule has 0 aliphatic carbocycles. The molecule has 0 unspecified atom stereocenters. The van der Waals surface area contributed by atoms with E-state index in [1.807, 2.05) is 0 Å². The third kappa shape index (κ3) is 3.41. The van der Waals surface area contributed by atoms with Crippen molar-refractivity contribution in [3.05, 3.63) is 0 Å². The first-order valence-electron chi connectivity index (χ1n) is 3.26. The van der Waals surface area contributed by atoms with Crippen LogP contribution in [-0.2, 0) is 9.59 Å². The van der Waals surface area contributed by atoms with Crippen LogP contribution >= 0.6 is 12.6 Å². The molecule has 0 spiro atoms. The molecule has 3 nitrogen and oxygen atoms in total. The molecule has 0 fully saturated rings. The van der Waals surface area contributed by atoms with Crippen LogP contribution in [-0.4, -0.2) is 22.6 Å². The molecule has 64 valence electrons. The van der Waals surface area contributed by atoms with Gasteiger partial charge in [0.25, 0.3) is 0 Å². The Hall–Kier alpha value is -0.510. The molecular formula is C7H12O3S. The van der Waals surface area contributed by atoms with E-state index < -0.39 is 11.4 Å². The Balaban J connectivity index is 4.12. The topological polar surface area (TPSA) is 54.4 Å². The van der Waals surface area contributed by atoms with Gasteiger partial charge in [-0.15, -0.1) is 0 Å². The number of carboxylic acids is 1. The lowest BCUT2D eigenvalue weighted by atomic mass is 9.88. The Kier molecular flexibility index (Phi) is 3.58. The molecule has 1 N–H and O–H groups in total. The molecule has 4 heteroatoms. The monoisotopic (exact) mass is 176 g/mol. The largest absolute Gasteiger partial charge is 0.481 e. The maximum atomic E-state index is 10.8. The summed E-state index contributed by atoms with van der Waals surface area (Å²) in [6.45, 7) is 3.05. The summed E-state index contributed by atoms with van der Waals surface area (Å²) in [6, 6.07) is 0. The molecule has 0 radical (unpaired) electrons. The van der Waals surface area contributed by atoms with Crippen molar-refractivity contribution in [2.45, 2.75) is 20.3 Å². The Labute approximate surface area is 71.2 Å². The lowest BCUT2D eigenvalue weighted by Gasteiger charge is -2.16. The van der Waals surface area contributed by atoms with E-state index in [2.05, 4.69) is 12.6 Å². The predicted octanol–water partition coefficient (Wildman–Crippen LogP) is 0.986. The molecule has 0 aliphatic heterocycles. The average molecular weight is 176 g/mol. The van der Waals surface area contributed by atoms with Gasteiger partial charge in [0.05, 0.1) is 5.41 Å². The van der Waals surface area contributed by atoms with Crippen LogP contribution in [0.2, 0.25) is 0 Å². The van der Waals surface area contributed by atoms with E-state index in [4.69, 9.17) is 5.11 Å². The summed E-state index contributed by atoms with van der Waals surface area (Å²) in [4.78, 5) is 21.3. The highest BCUT2D eigenvalue weighted by Crippen LogP contribution is 2.20. The van der Waals surface area contributed by atoms with Crippen LogP contribution in [0.4, 0.5) is 0 Å². The molecule has 0 atom stereocenters. The standard InChI is InChI=1S/C7H12O3S/c1-7(2,6(9)10)3-5(8)4-11/h11H,3-4H2,1-2H3,(H,9,10). The first-order chi connectivity index (χ1) is 4.90. The van der Waals surface area contributed by atoms with Crippen molar-refractivity contribution in [2.24, 2.45) is 5.41 Å². The van der Waals surface area contributed by atoms with Crippen molar-refractivity contribution in [3.63, 3.8) is 0 Å². The first kappa shape index (κ1) is 10.5. The maximum Gasteiger partial charge on any atom is 0.309 e. The smallest absolute Gasteiger partial charge is 0.309 e. The first-order valence-corrected chi connectivity index (χ1v) is 3.89. The lowest BCUT2D eigenvalue weighted by Crippen LogP contribution is -2.27. The lowest BCUT2D eigenvalue weighted by molar-refractivity contribution is -0.149. The minimum atomic E-state index is -0.959. The van der Waals surface area contributed by atoms with Gasteiger partial charge in [-0.1, -0.05) is 0 Å². The molecule has 0 saturated carbocycles. The zero-order valence-electron chi connectivity index (χ0n) is 6.63. The third-order valence-corrected chi connectivity index (χ3v) is 1.75. The Morgan fingerprint density at radius 1 is 1.45 bits per heavy atom. The average Bonchev–Trinajstić information content (AvgIpc) is 1.86. The van der Waals surface area contributed by atoms with Crippen molar-refractivity contribution in [3.8, 4) is 0 Å². The maximum absolute atomic E-state index is 10.8. The quantitative estimate of drug-likeness (QED) is 0.628. The fraction of sp³-hybridized carbons (Fsp3) is 0.714. The molecule has 0 aromatic heterocycles. The van der Waals surface area contributed by atoms with Gasteiger partial charge in [0.1, 0.15) is 5.78 Å². The number of carboxylic acid groups (broad SMARTS) is 1. The van der Waals surface area contributed by atoms with Gasteiger partial charge < -0.3 is 5.11 Å². The van der Waals surface area contributed by atoms with Crippen LogP contribution in [0, 0.1) is 5.41 Å². The van der Waals surface area contributed by atoms with E-state index in [-0.39, 0.29) is 18.0 Å². The van der Waals surface area contributed by atoms with E-state index in [0.29, 0.717) is 0 Å². The highest BCUT2D eigenvalue weighted by molar-refractivity contribution is 7.81. The minimum absolute atomic E-state index is 0.0475. The van der Waals surface area contributed by atoms with Gasteiger partial charge in [-0.25, -0.2) is 0 Å². The Morgan fingerprint density at radius 2 is 1.91 bits per heavy atom. The number of hydrogen-bond donors (Lipinski definition) is 2. The summed E-state index contributed by atoms with van der Waals surface area (Å²) in [5.74, 6) is -0.982. The molecule has 0 heterocycles. The normalized spacial score (nSPS) is 11.2. The fourth-order valence-electron chi connectivity index (χ4n) is 0.624. The van der Waals surface area contributed by atoms with Crippen LogP contribution in [0.5, 0.6) is 0 Å². The van der Waals surface area contributed by atoms with Gasteiger partial charge in [-0.05, 0) is 13.8 Å². The second-order valence-corrected chi connectivity index (χ2v) is 3.38. The summed E-state index contributed by atoms with van der Waals surface area (Å²) in [7, 11) is 0. The number of ketones is 1. The third-order valence-electron chi connectivity index (χ3n) is 1.39. The zero-order valence-corrected chi connectivity index (χ0v) is 7.52. The van der Waals surface area contributed by atoms with E-state index in [1.165, 1.54) is 13.8 Å². The molecule has 0 bridgehead atoms. The Morgan fingerprint density at radius 3 is 2.18 bits per heavy atom. The van der Waals surface area contributed by atoms with E-state index in [1.54, 1.807) is 0 Å². The second-order valence-electron chi connectivity index (χ2n) is 3.06. The molecule has 11 heavy (non-hydrogen) atoms. The Bertz CT molecular complexity index is 175. The van der Waals surface area contributed by atoms with Gasteiger partial charge >= 0.3 is 5.97 Å². The highest BCUT2D eigenvalue weighted by Gasteiger charge is 2.29. The van der Waals surface area contributed by atoms with Crippen LogP contribution < -0.4 is 0 Å². The van der Waals surface area contributed by atoms with Crippen LogP contribution in [0.3, 0.4) is 0 Å². The molecule has 0 aromatic rings. The number of aliphatic carboxylic acids is 1. The molecule has 0 aliphatic rings. The number of carbonyl (C=O) groups excluding carboxylic acids is 1. The summed E-state index contributed by atoms with van der Waals surface area (Å²) < 4.78 is 0. The summed E-state index contributed by atoms with van der Waals surface area (Å²) in [5, 5.41) is 8.61. The van der Waals surface area contributed by atoms with Crippen molar-refractivity contribution < 1.29 is 14.7 Å². The van der Waals surface area contributed by atoms with Crippen LogP contribution in [0.25, 0.3) is 0 Å². The molecule has 0 amide bonds. The number of carbonyl (C=O) groups is 2. The summed E-state index contributed by atoms with van der Waals surface area (Å²) >= 11 is 3.75. The van der Waals surface area contributed by atoms with E-state index in [0.717, 1.165) is 0 Å². The summed E-state index contributed by atoms with van der Waals surface area (Å²) in [6.07, 6.45) is 0.0475. The van der Waals surface area contributed by atoms with Crippen LogP contribution in [0.1, 0.15) is 20.3 Å². The second kappa shape index (κ2) is 3.76. The predicted molar refractivity (Wildman–Crippen MR) is 44.9 cm³/mol. The molecular weight excluding hydrogens is 164 g/mol. The van der Waals surface area contributed by atoms with Crippen molar-refractivity contribution in [2.75, 3.05) is 5.75 Å². The SMILES string of the molecule is CC(C)(CC(=O)CS)C(=O)O. The summed E-state index contributed by atoms with van der Waals surface area (Å²) in [5.41, 5.74) is -0.959. The van der Waals surface area contributed by atoms with Crippen LogP contribution in [0.15, 0.2) is 0 Å².